The van der Waals surface area contributed by atoms with Crippen LogP contribution in [0.3, 0.4) is 0 Å². The number of esters is 1. The molecule has 3 aliphatic heterocycles. The number of carboxylic acid groups (broad SMARTS) is 1. The van der Waals surface area contributed by atoms with Gasteiger partial charge in [-0.3, -0.25) is 4.90 Å². The number of aromatic carboxylic acids is 1. The molecule has 2 N–H and O–H groups in total. The first-order valence-electron chi connectivity index (χ1n) is 18.5. The maximum Gasteiger partial charge on any atom is 0.387 e. The second-order valence-electron chi connectivity index (χ2n) is 14.7. The van der Waals surface area contributed by atoms with Gasteiger partial charge in [0.2, 0.25) is 10.0 Å². The summed E-state index contributed by atoms with van der Waals surface area (Å²) in [6.07, 6.45) is 4.73. The molecule has 4 aliphatic rings. The van der Waals surface area contributed by atoms with Crippen LogP contribution in [0.4, 0.5) is 13.2 Å². The quantitative estimate of drug-likeness (QED) is 0.0691. The van der Waals surface area contributed by atoms with Crippen LogP contribution >= 0.6 is 23.2 Å². The molecule has 4 aromatic rings. The van der Waals surface area contributed by atoms with Crippen molar-refractivity contribution in [2.24, 2.45) is 11.8 Å². The van der Waals surface area contributed by atoms with E-state index in [0.717, 1.165) is 81.5 Å². The summed E-state index contributed by atoms with van der Waals surface area (Å²) in [5, 5.41) is 22.4. The van der Waals surface area contributed by atoms with Crippen LogP contribution in [-0.2, 0) is 26.0 Å². The molecule has 3 saturated heterocycles. The van der Waals surface area contributed by atoms with E-state index < -0.39 is 57.3 Å². The zero-order valence-electron chi connectivity index (χ0n) is 30.7. The van der Waals surface area contributed by atoms with Crippen LogP contribution in [0.15, 0.2) is 78.0 Å². The Morgan fingerprint density at radius 1 is 0.966 bits per heavy atom. The molecule has 308 valence electrons. The first-order valence-corrected chi connectivity index (χ1v) is 20.7. The molecular formula is C40H38Cl2F3N3O9S. The van der Waals surface area contributed by atoms with Crippen LogP contribution in [0.1, 0.15) is 70.3 Å². The van der Waals surface area contributed by atoms with Crippen LogP contribution in [0.25, 0.3) is 0 Å². The van der Waals surface area contributed by atoms with Gasteiger partial charge in [0, 0.05) is 18.0 Å². The van der Waals surface area contributed by atoms with Crippen molar-refractivity contribution >= 4 is 45.2 Å². The topological polar surface area (TPSA) is 158 Å². The van der Waals surface area contributed by atoms with E-state index in [2.05, 4.69) is 9.62 Å². The Kier molecular flexibility index (Phi) is 12.4. The zero-order valence-corrected chi connectivity index (χ0v) is 33.0. The Bertz CT molecular complexity index is 2290. The van der Waals surface area contributed by atoms with E-state index >= 15 is 0 Å². The van der Waals surface area contributed by atoms with Crippen LogP contribution in [-0.4, -0.2) is 69.3 Å². The molecule has 0 radical (unpaired) electrons. The highest BCUT2D eigenvalue weighted by molar-refractivity contribution is 7.89. The van der Waals surface area contributed by atoms with Crippen LogP contribution in [0, 0.1) is 22.9 Å². The normalized spacial score (nSPS) is 20.1. The van der Waals surface area contributed by atoms with Crippen LogP contribution < -0.4 is 18.9 Å². The SMILES string of the molecule is O=C(O)c1ccc(S(=O)(=O)NC(C(=O)O[C@H]2CN3CCC2CC3)c2cccc(F)c2)cc1[C@@H](Cc1c(Cl)c[n+]([O-])cc1Cl)c1ccc(OC(F)F)c(OCC2CC2)c1. The fourth-order valence-corrected chi connectivity index (χ4v) is 9.30. The van der Waals surface area contributed by atoms with E-state index in [1.54, 1.807) is 0 Å². The molecule has 3 atom stereocenters. The van der Waals surface area contributed by atoms with E-state index in [4.69, 9.17) is 37.4 Å². The number of piperidine rings is 3. The van der Waals surface area contributed by atoms with Crippen molar-refractivity contribution in [3.63, 3.8) is 0 Å². The summed E-state index contributed by atoms with van der Waals surface area (Å²) in [5.41, 5.74) is 0.00114. The first kappa shape index (κ1) is 41.5. The maximum atomic E-state index is 14.5. The third-order valence-corrected chi connectivity index (χ3v) is 12.8. The van der Waals surface area contributed by atoms with Crippen molar-refractivity contribution in [3.8, 4) is 11.5 Å². The zero-order chi connectivity index (χ0) is 41.3. The van der Waals surface area contributed by atoms with Crippen LogP contribution in [0.2, 0.25) is 10.0 Å². The van der Waals surface area contributed by atoms with E-state index in [0.29, 0.717) is 11.3 Å². The molecule has 4 heterocycles. The average molecular weight is 865 g/mol. The first-order chi connectivity index (χ1) is 27.6. The maximum absolute atomic E-state index is 14.5. The summed E-state index contributed by atoms with van der Waals surface area (Å²) in [7, 11) is -4.73. The predicted octanol–water partition coefficient (Wildman–Crippen LogP) is 6.89. The van der Waals surface area contributed by atoms with Gasteiger partial charge in [0.05, 0.1) is 17.1 Å². The van der Waals surface area contributed by atoms with Crippen molar-refractivity contribution in [2.45, 2.75) is 61.7 Å². The van der Waals surface area contributed by atoms with E-state index in [9.17, 15) is 41.5 Å². The number of carbonyl (C=O) groups is 2. The van der Waals surface area contributed by atoms with Gasteiger partial charge in [-0.05, 0) is 116 Å². The molecule has 0 amide bonds. The molecule has 8 rings (SSSR count). The standard InChI is InChI=1S/C40H38Cl2F3N3O9S/c41-32-18-48(52)19-33(42)31(32)17-29(24-6-9-34(57-40(44)45)35(15-24)55-21-22-4-5-22)30-16-27(7-8-28(30)38(49)50)58(53,54)46-37(25-2-1-3-26(43)14-25)39(51)56-36-20-47-12-10-23(36)11-13-47/h1-3,6-9,14-16,18-19,22-23,29,36-37,40,46H,4-5,10-13,17,20-21H2,(H,49,50)/t29-,36-,37?/m0/s1. The van der Waals surface area contributed by atoms with Crippen molar-refractivity contribution in [3.05, 3.63) is 122 Å². The summed E-state index contributed by atoms with van der Waals surface area (Å²) in [4.78, 5) is 28.3. The molecule has 1 saturated carbocycles. The van der Waals surface area contributed by atoms with Gasteiger partial charge in [-0.2, -0.15) is 18.2 Å². The molecule has 58 heavy (non-hydrogen) atoms. The number of hydrogen-bond donors (Lipinski definition) is 2. The minimum absolute atomic E-state index is 0.0242. The van der Waals surface area contributed by atoms with Gasteiger partial charge in [-0.1, -0.05) is 41.4 Å². The fourth-order valence-electron chi connectivity index (χ4n) is 7.49. The van der Waals surface area contributed by atoms with Gasteiger partial charge < -0.3 is 24.5 Å². The highest BCUT2D eigenvalue weighted by Crippen LogP contribution is 2.41. The molecule has 4 fully saturated rings. The number of nitrogens with zero attached hydrogens (tertiary/aromatic N) is 2. The van der Waals surface area contributed by atoms with Gasteiger partial charge >= 0.3 is 18.6 Å². The number of alkyl halides is 2. The number of benzene rings is 3. The number of sulfonamides is 1. The number of rotatable bonds is 16. The lowest BCUT2D eigenvalue weighted by atomic mass is 9.83. The summed E-state index contributed by atoms with van der Waals surface area (Å²) in [6, 6.07) is 10.4. The molecule has 1 aliphatic carbocycles. The average Bonchev–Trinajstić information content (AvgIpc) is 4.01. The lowest BCUT2D eigenvalue weighted by Gasteiger charge is -2.44. The number of carbonyl (C=O) groups excluding carboxylic acids is 1. The Morgan fingerprint density at radius 2 is 1.69 bits per heavy atom. The van der Waals surface area contributed by atoms with Gasteiger partial charge in [0.15, 0.2) is 23.9 Å². The number of ether oxygens (including phenoxy) is 3. The van der Waals surface area contributed by atoms with Crippen molar-refractivity contribution in [1.29, 1.82) is 0 Å². The third kappa shape index (κ3) is 9.63. The molecule has 18 heteroatoms. The third-order valence-electron chi connectivity index (χ3n) is 10.7. The number of hydrogen-bond acceptors (Lipinski definition) is 9. The van der Waals surface area contributed by atoms with Gasteiger partial charge in [-0.15, -0.1) is 0 Å². The fraction of sp³-hybridized carbons (Fsp3) is 0.375. The predicted molar refractivity (Wildman–Crippen MR) is 204 cm³/mol. The van der Waals surface area contributed by atoms with E-state index in [1.807, 2.05) is 0 Å². The lowest BCUT2D eigenvalue weighted by Crippen LogP contribution is -2.52. The summed E-state index contributed by atoms with van der Waals surface area (Å²) in [5.74, 6) is -4.29. The van der Waals surface area contributed by atoms with Crippen molar-refractivity contribution in [1.82, 2.24) is 9.62 Å². The van der Waals surface area contributed by atoms with Gasteiger partial charge in [-0.25, -0.2) is 22.4 Å². The largest absolute Gasteiger partial charge is 0.619 e. The minimum Gasteiger partial charge on any atom is -0.619 e. The Balaban J connectivity index is 1.30. The second-order valence-corrected chi connectivity index (χ2v) is 17.2. The molecule has 12 nitrogen and oxygen atoms in total. The number of pyridine rings is 1. The smallest absolute Gasteiger partial charge is 0.387 e. The van der Waals surface area contributed by atoms with Crippen LogP contribution in [0.5, 0.6) is 11.5 Å². The summed E-state index contributed by atoms with van der Waals surface area (Å²) >= 11 is 13.0. The number of halogens is 5. The highest BCUT2D eigenvalue weighted by Gasteiger charge is 2.39. The Hall–Kier alpha value is -4.61. The van der Waals surface area contributed by atoms with E-state index in [1.165, 1.54) is 30.3 Å². The molecule has 2 bridgehead atoms. The molecule has 1 unspecified atom stereocenters. The Morgan fingerprint density at radius 3 is 2.31 bits per heavy atom. The number of nitrogens with one attached hydrogen (secondary N) is 1. The summed E-state index contributed by atoms with van der Waals surface area (Å²) < 4.78 is 89.3. The monoisotopic (exact) mass is 863 g/mol. The lowest BCUT2D eigenvalue weighted by molar-refractivity contribution is -0.605. The number of carboxylic acids is 1. The number of fused-ring (bicyclic) bond motifs is 3. The van der Waals surface area contributed by atoms with Gasteiger partial charge in [0.25, 0.3) is 0 Å². The molecule has 0 spiro atoms. The molecule has 3 aromatic carbocycles. The highest BCUT2D eigenvalue weighted by atomic mass is 35.5. The number of aromatic nitrogens is 1. The van der Waals surface area contributed by atoms with Gasteiger partial charge in [0.1, 0.15) is 28.0 Å². The second kappa shape index (κ2) is 17.3. The summed E-state index contributed by atoms with van der Waals surface area (Å²) in [6.45, 7) is -0.798. The van der Waals surface area contributed by atoms with Crippen molar-refractivity contribution < 1.29 is 55.2 Å². The minimum atomic E-state index is -4.73. The van der Waals surface area contributed by atoms with E-state index in [-0.39, 0.29) is 74.2 Å². The Labute approximate surface area is 342 Å². The molecule has 1 aromatic heterocycles. The molecular weight excluding hydrogens is 826 g/mol. The van der Waals surface area contributed by atoms with Crippen molar-refractivity contribution in [2.75, 3.05) is 26.2 Å².